The van der Waals surface area contributed by atoms with Gasteiger partial charge < -0.3 is 20.3 Å². The Kier molecular flexibility index (Phi) is 8.30. The number of halogens is 1. The molecular formula is C20H22ClN3O4. The van der Waals surface area contributed by atoms with E-state index in [0.717, 1.165) is 5.56 Å². The Hall–Kier alpha value is -3.06. The first-order valence-corrected chi connectivity index (χ1v) is 9.04. The third kappa shape index (κ3) is 7.28. The predicted molar refractivity (Wildman–Crippen MR) is 107 cm³/mol. The second-order valence-corrected chi connectivity index (χ2v) is 6.39. The number of benzene rings is 2. The molecule has 0 spiro atoms. The lowest BCUT2D eigenvalue weighted by molar-refractivity contribution is -0.147. The topological polar surface area (TPSA) is 87.7 Å². The van der Waals surface area contributed by atoms with E-state index in [1.54, 1.807) is 48.5 Å². The van der Waals surface area contributed by atoms with Gasteiger partial charge in [-0.25, -0.2) is 4.79 Å². The van der Waals surface area contributed by atoms with E-state index in [0.29, 0.717) is 10.7 Å². The van der Waals surface area contributed by atoms with Crippen molar-refractivity contribution in [3.8, 4) is 0 Å². The number of urea groups is 1. The van der Waals surface area contributed by atoms with Crippen LogP contribution >= 0.6 is 11.6 Å². The van der Waals surface area contributed by atoms with Gasteiger partial charge in [-0.1, -0.05) is 41.9 Å². The van der Waals surface area contributed by atoms with Gasteiger partial charge in [0.1, 0.15) is 6.54 Å². The van der Waals surface area contributed by atoms with Crippen molar-refractivity contribution in [2.45, 2.75) is 13.0 Å². The summed E-state index contributed by atoms with van der Waals surface area (Å²) < 4.78 is 4.66. The Labute approximate surface area is 168 Å². The van der Waals surface area contributed by atoms with Gasteiger partial charge in [0, 0.05) is 30.2 Å². The molecule has 3 amide bonds. The summed E-state index contributed by atoms with van der Waals surface area (Å²) in [6.07, 6.45) is 0.0484. The van der Waals surface area contributed by atoms with Crippen LogP contribution in [0.5, 0.6) is 0 Å². The number of amides is 3. The quantitative estimate of drug-likeness (QED) is 0.663. The molecule has 8 heteroatoms. The molecule has 2 N–H and O–H groups in total. The number of para-hydroxylation sites is 1. The molecule has 0 atom stereocenters. The molecule has 0 radical (unpaired) electrons. The maximum absolute atomic E-state index is 12.5. The Bertz CT molecular complexity index is 797. The normalized spacial score (nSPS) is 10.1. The summed E-state index contributed by atoms with van der Waals surface area (Å²) in [6.45, 7) is 0.200. The maximum Gasteiger partial charge on any atom is 0.325 e. The van der Waals surface area contributed by atoms with Gasteiger partial charge >= 0.3 is 12.0 Å². The van der Waals surface area contributed by atoms with Gasteiger partial charge in [0.05, 0.1) is 7.11 Å². The van der Waals surface area contributed by atoms with Crippen LogP contribution in [0.3, 0.4) is 0 Å². The molecule has 7 nitrogen and oxygen atoms in total. The van der Waals surface area contributed by atoms with Crippen LogP contribution in [0.15, 0.2) is 54.6 Å². The van der Waals surface area contributed by atoms with Gasteiger partial charge in [-0.15, -0.1) is 0 Å². The molecule has 2 aromatic carbocycles. The average molecular weight is 404 g/mol. The lowest BCUT2D eigenvalue weighted by atomic mass is 10.2. The molecule has 0 aliphatic heterocycles. The molecule has 2 aromatic rings. The van der Waals surface area contributed by atoms with Gasteiger partial charge in [-0.05, 0) is 29.8 Å². The third-order valence-electron chi connectivity index (χ3n) is 3.84. The van der Waals surface area contributed by atoms with Crippen molar-refractivity contribution in [3.05, 3.63) is 65.2 Å². The molecule has 0 saturated carbocycles. The van der Waals surface area contributed by atoms with Crippen molar-refractivity contribution in [1.29, 1.82) is 0 Å². The third-order valence-corrected chi connectivity index (χ3v) is 4.10. The Morgan fingerprint density at radius 3 is 2.36 bits per heavy atom. The van der Waals surface area contributed by atoms with Crippen LogP contribution in [0.4, 0.5) is 10.5 Å². The van der Waals surface area contributed by atoms with Crippen molar-refractivity contribution < 1.29 is 19.1 Å². The highest BCUT2D eigenvalue weighted by molar-refractivity contribution is 6.30. The van der Waals surface area contributed by atoms with Crippen molar-refractivity contribution >= 4 is 35.2 Å². The van der Waals surface area contributed by atoms with Crippen LogP contribution in [-0.2, 0) is 20.9 Å². The molecule has 0 aliphatic carbocycles. The Morgan fingerprint density at radius 1 is 1.04 bits per heavy atom. The Balaban J connectivity index is 1.87. The second kappa shape index (κ2) is 10.9. The number of nitrogens with zero attached hydrogens (tertiary/aromatic N) is 1. The van der Waals surface area contributed by atoms with E-state index in [1.165, 1.54) is 12.0 Å². The smallest absolute Gasteiger partial charge is 0.325 e. The monoisotopic (exact) mass is 403 g/mol. The number of hydrogen-bond acceptors (Lipinski definition) is 4. The first-order valence-electron chi connectivity index (χ1n) is 8.67. The van der Waals surface area contributed by atoms with Gasteiger partial charge in [0.2, 0.25) is 5.91 Å². The highest BCUT2D eigenvalue weighted by atomic mass is 35.5. The molecule has 148 valence electrons. The number of carbonyl (C=O) groups excluding carboxylic acids is 3. The minimum atomic E-state index is -0.517. The molecule has 0 heterocycles. The first-order chi connectivity index (χ1) is 13.5. The van der Waals surface area contributed by atoms with E-state index >= 15 is 0 Å². The van der Waals surface area contributed by atoms with Gasteiger partial charge in [0.25, 0.3) is 0 Å². The summed E-state index contributed by atoms with van der Waals surface area (Å²) in [5.41, 5.74) is 1.48. The van der Waals surface area contributed by atoms with E-state index in [9.17, 15) is 14.4 Å². The van der Waals surface area contributed by atoms with Crippen LogP contribution in [0.1, 0.15) is 12.0 Å². The van der Waals surface area contributed by atoms with Crippen molar-refractivity contribution in [1.82, 2.24) is 10.2 Å². The lowest BCUT2D eigenvalue weighted by Crippen LogP contribution is -2.38. The Morgan fingerprint density at radius 2 is 1.71 bits per heavy atom. The number of nitrogens with one attached hydrogen (secondary N) is 2. The summed E-state index contributed by atoms with van der Waals surface area (Å²) >= 11 is 5.87. The average Bonchev–Trinajstić information content (AvgIpc) is 2.69. The molecule has 2 rings (SSSR count). The molecule has 0 aromatic heterocycles. The van der Waals surface area contributed by atoms with E-state index in [1.807, 2.05) is 6.07 Å². The molecule has 0 aliphatic rings. The summed E-state index contributed by atoms with van der Waals surface area (Å²) in [5, 5.41) is 5.88. The fourth-order valence-corrected chi connectivity index (χ4v) is 2.53. The predicted octanol–water partition coefficient (Wildman–Crippen LogP) is 3.05. The SMILES string of the molecule is COC(=O)CN(Cc1ccc(Cl)cc1)C(=O)CCNC(=O)Nc1ccccc1. The minimum Gasteiger partial charge on any atom is -0.468 e. The van der Waals surface area contributed by atoms with E-state index < -0.39 is 12.0 Å². The number of hydrogen-bond donors (Lipinski definition) is 2. The van der Waals surface area contributed by atoms with E-state index in [4.69, 9.17) is 11.6 Å². The van der Waals surface area contributed by atoms with E-state index in [2.05, 4.69) is 15.4 Å². The highest BCUT2D eigenvalue weighted by Crippen LogP contribution is 2.12. The summed E-state index contributed by atoms with van der Waals surface area (Å²) in [5.74, 6) is -0.794. The molecule has 0 bridgehead atoms. The number of ether oxygens (including phenoxy) is 1. The van der Waals surface area contributed by atoms with E-state index in [-0.39, 0.29) is 32.0 Å². The summed E-state index contributed by atoms with van der Waals surface area (Å²) in [4.78, 5) is 37.4. The molecule has 0 fully saturated rings. The van der Waals surface area contributed by atoms with Crippen LogP contribution in [0.2, 0.25) is 5.02 Å². The lowest BCUT2D eigenvalue weighted by Gasteiger charge is -2.22. The molecule has 28 heavy (non-hydrogen) atoms. The van der Waals surface area contributed by atoms with Crippen LogP contribution in [0.25, 0.3) is 0 Å². The van der Waals surface area contributed by atoms with Crippen molar-refractivity contribution in [2.75, 3.05) is 25.5 Å². The number of anilines is 1. The fourth-order valence-electron chi connectivity index (χ4n) is 2.40. The fraction of sp³-hybridized carbons (Fsp3) is 0.250. The van der Waals surface area contributed by atoms with Crippen molar-refractivity contribution in [3.63, 3.8) is 0 Å². The van der Waals surface area contributed by atoms with Crippen LogP contribution in [0, 0.1) is 0 Å². The summed E-state index contributed by atoms with van der Waals surface area (Å²) in [7, 11) is 1.27. The molecular weight excluding hydrogens is 382 g/mol. The standard InChI is InChI=1S/C20H22ClN3O4/c1-28-19(26)14-24(13-15-7-9-16(21)10-8-15)18(25)11-12-22-20(27)23-17-5-3-2-4-6-17/h2-10H,11-14H2,1H3,(H2,22,23,27). The minimum absolute atomic E-state index is 0.0484. The van der Waals surface area contributed by atoms with Gasteiger partial charge in [-0.3, -0.25) is 9.59 Å². The van der Waals surface area contributed by atoms with Crippen LogP contribution in [-0.4, -0.2) is 43.0 Å². The second-order valence-electron chi connectivity index (χ2n) is 5.95. The largest absolute Gasteiger partial charge is 0.468 e. The number of rotatable bonds is 8. The van der Waals surface area contributed by atoms with Crippen LogP contribution < -0.4 is 10.6 Å². The molecule has 0 saturated heterocycles. The van der Waals surface area contributed by atoms with Crippen molar-refractivity contribution in [2.24, 2.45) is 0 Å². The zero-order valence-electron chi connectivity index (χ0n) is 15.5. The summed E-state index contributed by atoms with van der Waals surface area (Å²) in [6, 6.07) is 15.6. The first kappa shape index (κ1) is 21.2. The zero-order chi connectivity index (χ0) is 20.4. The highest BCUT2D eigenvalue weighted by Gasteiger charge is 2.18. The maximum atomic E-state index is 12.5. The van der Waals surface area contributed by atoms with Gasteiger partial charge in [0.15, 0.2) is 0 Å². The number of esters is 1. The van der Waals surface area contributed by atoms with Gasteiger partial charge in [-0.2, -0.15) is 0 Å². The number of carbonyl (C=O) groups is 3. The zero-order valence-corrected chi connectivity index (χ0v) is 16.2. The number of methoxy groups -OCH3 is 1. The molecule has 0 unspecified atom stereocenters.